The van der Waals surface area contributed by atoms with E-state index in [1.165, 1.54) is 0 Å². The number of fused-ring (bicyclic) bond motifs is 1. The van der Waals surface area contributed by atoms with E-state index < -0.39 is 0 Å². The highest BCUT2D eigenvalue weighted by atomic mass is 79.9. The monoisotopic (exact) mass is 324 g/mol. The van der Waals surface area contributed by atoms with Crippen LogP contribution in [0.5, 0.6) is 0 Å². The maximum atomic E-state index is 11.4. The van der Waals surface area contributed by atoms with Crippen LogP contribution < -0.4 is 10.2 Å². The third kappa shape index (κ3) is 2.73. The Morgan fingerprint density at radius 1 is 1.42 bits per heavy atom. The van der Waals surface area contributed by atoms with E-state index in [2.05, 4.69) is 36.1 Å². The number of aromatic nitrogens is 2. The van der Waals surface area contributed by atoms with Gasteiger partial charge in [0.1, 0.15) is 16.2 Å². The van der Waals surface area contributed by atoms with Gasteiger partial charge in [0.2, 0.25) is 5.91 Å². The van der Waals surface area contributed by atoms with Gasteiger partial charge in [0.05, 0.1) is 0 Å². The molecule has 1 aromatic rings. The predicted molar refractivity (Wildman–Crippen MR) is 76.0 cm³/mol. The Morgan fingerprint density at radius 3 is 3.05 bits per heavy atom. The van der Waals surface area contributed by atoms with Crippen molar-refractivity contribution in [2.75, 3.05) is 18.0 Å². The van der Waals surface area contributed by atoms with Gasteiger partial charge in [-0.1, -0.05) is 0 Å². The fourth-order valence-corrected chi connectivity index (χ4v) is 3.46. The molecule has 1 amide bonds. The van der Waals surface area contributed by atoms with Crippen LogP contribution in [0.1, 0.15) is 25.1 Å². The first-order valence-electron chi connectivity index (χ1n) is 6.67. The molecule has 0 spiro atoms. The number of piperidine rings is 2. The summed E-state index contributed by atoms with van der Waals surface area (Å²) >= 11 is 3.42. The number of nitrogens with one attached hydrogen (secondary N) is 1. The second kappa shape index (κ2) is 5.07. The zero-order chi connectivity index (χ0) is 13.4. The molecule has 2 unspecified atom stereocenters. The number of aryl methyl sites for hydroxylation is 1. The number of hydrogen-bond donors (Lipinski definition) is 1. The van der Waals surface area contributed by atoms with E-state index in [1.54, 1.807) is 0 Å². The Hall–Kier alpha value is -1.17. The third-order valence-electron chi connectivity index (χ3n) is 3.94. The van der Waals surface area contributed by atoms with Gasteiger partial charge in [-0.25, -0.2) is 9.97 Å². The average molecular weight is 325 g/mol. The van der Waals surface area contributed by atoms with Crippen molar-refractivity contribution in [2.24, 2.45) is 5.92 Å². The van der Waals surface area contributed by atoms with E-state index in [0.717, 1.165) is 42.2 Å². The van der Waals surface area contributed by atoms with Crippen molar-refractivity contribution < 1.29 is 4.79 Å². The van der Waals surface area contributed by atoms with Gasteiger partial charge in [-0.05, 0) is 41.6 Å². The minimum absolute atomic E-state index is 0.204. The predicted octanol–water partition coefficient (Wildman–Crippen LogP) is 1.65. The van der Waals surface area contributed by atoms with Crippen molar-refractivity contribution in [1.82, 2.24) is 15.3 Å². The van der Waals surface area contributed by atoms with Gasteiger partial charge >= 0.3 is 0 Å². The number of carbonyl (C=O) groups is 1. The Balaban J connectivity index is 1.75. The minimum Gasteiger partial charge on any atom is -0.356 e. The first-order valence-corrected chi connectivity index (χ1v) is 7.46. The molecule has 2 aliphatic rings. The fraction of sp³-hybridized carbons (Fsp3) is 0.615. The van der Waals surface area contributed by atoms with Crippen LogP contribution in [-0.2, 0) is 4.79 Å². The molecule has 6 heteroatoms. The lowest BCUT2D eigenvalue weighted by Crippen LogP contribution is -2.54. The molecule has 0 saturated carbocycles. The standard InChI is InChI=1S/C13H17BrN4O/c1-8-15-11(14)6-12(16-8)18-5-4-10-9(7-18)2-3-13(19)17-10/h6,9-10H,2-5,7H2,1H3,(H,17,19). The number of hydrogen-bond acceptors (Lipinski definition) is 4. The summed E-state index contributed by atoms with van der Waals surface area (Å²) in [5.74, 6) is 2.51. The minimum atomic E-state index is 0.204. The fourth-order valence-electron chi connectivity index (χ4n) is 3.00. The molecule has 0 radical (unpaired) electrons. The van der Waals surface area contributed by atoms with Gasteiger partial charge in [0.25, 0.3) is 0 Å². The first kappa shape index (κ1) is 12.8. The van der Waals surface area contributed by atoms with Gasteiger partial charge in [-0.3, -0.25) is 4.79 Å². The molecule has 2 fully saturated rings. The summed E-state index contributed by atoms with van der Waals surface area (Å²) in [6.07, 6.45) is 2.64. The molecule has 2 aliphatic heterocycles. The molecule has 3 rings (SSSR count). The van der Waals surface area contributed by atoms with E-state index >= 15 is 0 Å². The smallest absolute Gasteiger partial charge is 0.220 e. The quantitative estimate of drug-likeness (QED) is 0.798. The zero-order valence-corrected chi connectivity index (χ0v) is 12.5. The highest BCUT2D eigenvalue weighted by molar-refractivity contribution is 9.10. The molecular formula is C13H17BrN4O. The van der Waals surface area contributed by atoms with Gasteiger partial charge < -0.3 is 10.2 Å². The van der Waals surface area contributed by atoms with Crippen LogP contribution >= 0.6 is 15.9 Å². The molecule has 1 aromatic heterocycles. The molecule has 5 nitrogen and oxygen atoms in total. The largest absolute Gasteiger partial charge is 0.356 e. The summed E-state index contributed by atoms with van der Waals surface area (Å²) in [7, 11) is 0. The van der Waals surface area contributed by atoms with E-state index in [4.69, 9.17) is 0 Å². The van der Waals surface area contributed by atoms with Crippen molar-refractivity contribution in [1.29, 1.82) is 0 Å². The lowest BCUT2D eigenvalue weighted by Gasteiger charge is -2.41. The van der Waals surface area contributed by atoms with Crippen LogP contribution in [0.25, 0.3) is 0 Å². The molecule has 19 heavy (non-hydrogen) atoms. The highest BCUT2D eigenvalue weighted by Crippen LogP contribution is 2.28. The summed E-state index contributed by atoms with van der Waals surface area (Å²) in [6.45, 7) is 3.81. The SMILES string of the molecule is Cc1nc(Br)cc(N2CCC3NC(=O)CCC3C2)n1. The molecule has 0 aromatic carbocycles. The van der Waals surface area contributed by atoms with Crippen LogP contribution in [-0.4, -0.2) is 35.0 Å². The van der Waals surface area contributed by atoms with Crippen LogP contribution in [0.3, 0.4) is 0 Å². The maximum Gasteiger partial charge on any atom is 0.220 e. The normalized spacial score (nSPS) is 26.8. The van der Waals surface area contributed by atoms with Crippen LogP contribution in [0.15, 0.2) is 10.7 Å². The van der Waals surface area contributed by atoms with E-state index in [1.807, 2.05) is 13.0 Å². The third-order valence-corrected chi connectivity index (χ3v) is 4.35. The van der Waals surface area contributed by atoms with Crippen molar-refractivity contribution in [3.05, 3.63) is 16.5 Å². The first-order chi connectivity index (χ1) is 9.11. The maximum absolute atomic E-state index is 11.4. The Morgan fingerprint density at radius 2 is 2.26 bits per heavy atom. The summed E-state index contributed by atoms with van der Waals surface area (Å²) in [6, 6.07) is 2.32. The average Bonchev–Trinajstić information content (AvgIpc) is 2.37. The molecule has 1 N–H and O–H groups in total. The second-order valence-electron chi connectivity index (χ2n) is 5.30. The topological polar surface area (TPSA) is 58.1 Å². The van der Waals surface area contributed by atoms with Gasteiger partial charge in [0, 0.05) is 31.6 Å². The number of anilines is 1. The van der Waals surface area contributed by atoms with Crippen molar-refractivity contribution >= 4 is 27.7 Å². The van der Waals surface area contributed by atoms with Crippen LogP contribution in [0.2, 0.25) is 0 Å². The van der Waals surface area contributed by atoms with E-state index in [-0.39, 0.29) is 5.91 Å². The van der Waals surface area contributed by atoms with Crippen molar-refractivity contribution in [2.45, 2.75) is 32.2 Å². The van der Waals surface area contributed by atoms with E-state index in [9.17, 15) is 4.79 Å². The molecule has 2 atom stereocenters. The van der Waals surface area contributed by atoms with E-state index in [0.29, 0.717) is 18.4 Å². The molecule has 3 heterocycles. The van der Waals surface area contributed by atoms with Gasteiger partial charge in [-0.15, -0.1) is 0 Å². The van der Waals surface area contributed by atoms with Crippen LogP contribution in [0, 0.1) is 12.8 Å². The highest BCUT2D eigenvalue weighted by Gasteiger charge is 2.34. The Labute approximate surface area is 120 Å². The Kier molecular flexibility index (Phi) is 3.43. The lowest BCUT2D eigenvalue weighted by molar-refractivity contribution is -0.124. The molecule has 2 saturated heterocycles. The number of nitrogens with zero attached hydrogens (tertiary/aromatic N) is 3. The van der Waals surface area contributed by atoms with Crippen LogP contribution in [0.4, 0.5) is 5.82 Å². The van der Waals surface area contributed by atoms with Crippen molar-refractivity contribution in [3.63, 3.8) is 0 Å². The summed E-state index contributed by atoms with van der Waals surface area (Å²) < 4.78 is 0.828. The van der Waals surface area contributed by atoms with Crippen molar-refractivity contribution in [3.8, 4) is 0 Å². The summed E-state index contributed by atoms with van der Waals surface area (Å²) in [5.41, 5.74) is 0. The number of rotatable bonds is 1. The summed E-state index contributed by atoms with van der Waals surface area (Å²) in [4.78, 5) is 22.5. The molecule has 102 valence electrons. The second-order valence-corrected chi connectivity index (χ2v) is 6.12. The summed E-state index contributed by atoms with van der Waals surface area (Å²) in [5, 5.41) is 3.11. The number of carbonyl (C=O) groups excluding carboxylic acids is 1. The zero-order valence-electron chi connectivity index (χ0n) is 10.9. The molecule has 0 bridgehead atoms. The number of amides is 1. The number of halogens is 1. The van der Waals surface area contributed by atoms with Gasteiger partial charge in [-0.2, -0.15) is 0 Å². The van der Waals surface area contributed by atoms with Gasteiger partial charge in [0.15, 0.2) is 0 Å². The molecular weight excluding hydrogens is 308 g/mol. The lowest BCUT2D eigenvalue weighted by atomic mass is 9.85. The Bertz CT molecular complexity index is 487. The molecule has 0 aliphatic carbocycles.